The van der Waals surface area contributed by atoms with Gasteiger partial charge in [0.25, 0.3) is 0 Å². The third kappa shape index (κ3) is 3.38. The van der Waals surface area contributed by atoms with Crippen LogP contribution >= 0.6 is 0 Å². The summed E-state index contributed by atoms with van der Waals surface area (Å²) in [4.78, 5) is 6.59. The van der Waals surface area contributed by atoms with E-state index in [1.807, 2.05) is 0 Å². The summed E-state index contributed by atoms with van der Waals surface area (Å²) in [6.45, 7) is 9.66. The summed E-state index contributed by atoms with van der Waals surface area (Å²) in [6.07, 6.45) is 0. The fourth-order valence-electron chi connectivity index (χ4n) is 9.84. The molecule has 232 valence electrons. The lowest BCUT2D eigenvalue weighted by atomic mass is 9.54. The first kappa shape index (κ1) is 27.4. The first-order valence-corrected chi connectivity index (χ1v) is 17.6. The highest BCUT2D eigenvalue weighted by molar-refractivity contribution is 6.73. The standard InChI is InChI=1S/C46H35BN2/c1-45(2)35-19-9-10-22-39(35)49-43-36(45)20-12-21-37(43)47-41-33(25-32-28-15-7-8-18-34(28)46(3,4)40(32)44(41)49)30-17-11-16-29-31-23-26-13-5-6-14-27(26)24-38(31)48-42(29)30/h5-25,47-48H,1-4H3. The fourth-order valence-corrected chi connectivity index (χ4v) is 9.84. The van der Waals surface area contributed by atoms with Gasteiger partial charge in [-0.15, -0.1) is 0 Å². The second kappa shape index (κ2) is 9.12. The van der Waals surface area contributed by atoms with Gasteiger partial charge in [-0.3, -0.25) is 0 Å². The van der Waals surface area contributed by atoms with Crippen LogP contribution < -0.4 is 15.8 Å². The normalized spacial score (nSPS) is 15.8. The number of anilines is 3. The summed E-state index contributed by atoms with van der Waals surface area (Å²) < 4.78 is 0. The molecule has 2 nitrogen and oxygen atoms in total. The van der Waals surface area contributed by atoms with Crippen LogP contribution in [0.3, 0.4) is 0 Å². The Morgan fingerprint density at radius 2 is 1.22 bits per heavy atom. The molecule has 1 aliphatic carbocycles. The van der Waals surface area contributed by atoms with Crippen molar-refractivity contribution in [3.63, 3.8) is 0 Å². The molecule has 0 fully saturated rings. The van der Waals surface area contributed by atoms with Crippen molar-refractivity contribution in [1.29, 1.82) is 0 Å². The molecule has 0 bridgehead atoms. The van der Waals surface area contributed by atoms with Gasteiger partial charge in [0.1, 0.15) is 0 Å². The predicted octanol–water partition coefficient (Wildman–Crippen LogP) is 10.3. The Morgan fingerprint density at radius 3 is 2.08 bits per heavy atom. The maximum atomic E-state index is 3.92. The third-order valence-corrected chi connectivity index (χ3v) is 12.1. The van der Waals surface area contributed by atoms with Gasteiger partial charge in [-0.2, -0.15) is 0 Å². The largest absolute Gasteiger partial charge is 0.354 e. The molecule has 0 amide bonds. The summed E-state index contributed by atoms with van der Waals surface area (Å²) in [7, 11) is 0.892. The van der Waals surface area contributed by atoms with Gasteiger partial charge in [0.15, 0.2) is 7.28 Å². The lowest BCUT2D eigenvalue weighted by molar-refractivity contribution is 0.630. The smallest absolute Gasteiger partial charge is 0.198 e. The maximum Gasteiger partial charge on any atom is 0.198 e. The van der Waals surface area contributed by atoms with Crippen LogP contribution in [0.25, 0.3) is 54.8 Å². The number of aromatic nitrogens is 1. The van der Waals surface area contributed by atoms with E-state index in [1.165, 1.54) is 105 Å². The number of hydrogen-bond donors (Lipinski definition) is 1. The molecule has 8 aromatic rings. The Balaban J connectivity index is 1.29. The monoisotopic (exact) mass is 626 g/mol. The Hall–Kier alpha value is -5.54. The first-order chi connectivity index (χ1) is 23.8. The number of H-pyrrole nitrogens is 1. The average molecular weight is 627 g/mol. The van der Waals surface area contributed by atoms with Crippen molar-refractivity contribution in [1.82, 2.24) is 4.98 Å². The predicted molar refractivity (Wildman–Crippen MR) is 210 cm³/mol. The van der Waals surface area contributed by atoms with Crippen LogP contribution in [-0.2, 0) is 10.8 Å². The number of nitrogens with one attached hydrogen (secondary N) is 1. The van der Waals surface area contributed by atoms with Crippen LogP contribution in [0.2, 0.25) is 0 Å². The Kier molecular flexibility index (Phi) is 5.10. The van der Waals surface area contributed by atoms with Crippen molar-refractivity contribution >= 4 is 67.8 Å². The van der Waals surface area contributed by atoms with Crippen LogP contribution in [0.1, 0.15) is 49.9 Å². The van der Waals surface area contributed by atoms with Crippen LogP contribution in [0, 0.1) is 0 Å². The number of para-hydroxylation sites is 3. The van der Waals surface area contributed by atoms with Crippen LogP contribution in [0.4, 0.5) is 17.1 Å². The number of aromatic amines is 1. The summed E-state index contributed by atoms with van der Waals surface area (Å²) in [5.74, 6) is 0. The van der Waals surface area contributed by atoms with Crippen molar-refractivity contribution in [2.75, 3.05) is 4.90 Å². The van der Waals surface area contributed by atoms with Gasteiger partial charge < -0.3 is 9.88 Å². The number of fused-ring (bicyclic) bond motifs is 12. The maximum absolute atomic E-state index is 3.92. The Bertz CT molecular complexity index is 2760. The molecule has 3 heteroatoms. The van der Waals surface area contributed by atoms with E-state index in [9.17, 15) is 0 Å². The lowest BCUT2D eigenvalue weighted by Gasteiger charge is -2.47. The third-order valence-electron chi connectivity index (χ3n) is 12.1. The van der Waals surface area contributed by atoms with E-state index < -0.39 is 0 Å². The highest BCUT2D eigenvalue weighted by Crippen LogP contribution is 2.59. The highest BCUT2D eigenvalue weighted by atomic mass is 15.2. The summed E-state index contributed by atoms with van der Waals surface area (Å²) >= 11 is 0. The van der Waals surface area contributed by atoms with Gasteiger partial charge in [-0.05, 0) is 79.4 Å². The molecule has 0 saturated carbocycles. The zero-order valence-electron chi connectivity index (χ0n) is 28.3. The number of nitrogens with zero attached hydrogens (tertiary/aromatic N) is 1. The number of rotatable bonds is 1. The van der Waals surface area contributed by atoms with E-state index in [-0.39, 0.29) is 10.8 Å². The minimum absolute atomic E-state index is 0.102. The van der Waals surface area contributed by atoms with Gasteiger partial charge in [0, 0.05) is 44.1 Å². The summed E-state index contributed by atoms with van der Waals surface area (Å²) in [5, 5.41) is 5.08. The molecular formula is C46H35BN2. The van der Waals surface area contributed by atoms with Crippen molar-refractivity contribution < 1.29 is 0 Å². The zero-order valence-corrected chi connectivity index (χ0v) is 28.3. The molecule has 0 radical (unpaired) electrons. The lowest BCUT2D eigenvalue weighted by Crippen LogP contribution is -2.46. The number of hydrogen-bond acceptors (Lipinski definition) is 1. The van der Waals surface area contributed by atoms with Crippen LogP contribution in [-0.4, -0.2) is 12.3 Å². The minimum atomic E-state index is -0.157. The molecule has 0 saturated heterocycles. The molecule has 0 unspecified atom stereocenters. The van der Waals surface area contributed by atoms with Gasteiger partial charge in [-0.1, -0.05) is 136 Å². The molecule has 3 heterocycles. The van der Waals surface area contributed by atoms with Crippen molar-refractivity contribution in [2.45, 2.75) is 38.5 Å². The van der Waals surface area contributed by atoms with Gasteiger partial charge >= 0.3 is 0 Å². The molecule has 1 aromatic heterocycles. The quantitative estimate of drug-likeness (QED) is 0.180. The second-order valence-electron chi connectivity index (χ2n) is 15.4. The van der Waals surface area contributed by atoms with Crippen LogP contribution in [0.15, 0.2) is 127 Å². The van der Waals surface area contributed by atoms with E-state index in [0.29, 0.717) is 0 Å². The number of benzene rings is 7. The van der Waals surface area contributed by atoms with E-state index in [0.717, 1.165) is 7.28 Å². The van der Waals surface area contributed by atoms with Gasteiger partial charge in [0.2, 0.25) is 0 Å². The molecule has 0 atom stereocenters. The van der Waals surface area contributed by atoms with E-state index >= 15 is 0 Å². The van der Waals surface area contributed by atoms with E-state index in [2.05, 4.69) is 165 Å². The van der Waals surface area contributed by atoms with Gasteiger partial charge in [-0.25, -0.2) is 0 Å². The fraction of sp³-hybridized carbons (Fsp3) is 0.130. The summed E-state index contributed by atoms with van der Waals surface area (Å²) in [5.41, 5.74) is 19.9. The zero-order chi connectivity index (χ0) is 32.8. The molecule has 0 spiro atoms. The molecule has 3 aliphatic rings. The Morgan fingerprint density at radius 1 is 0.531 bits per heavy atom. The first-order valence-electron chi connectivity index (χ1n) is 17.6. The van der Waals surface area contributed by atoms with Crippen molar-refractivity contribution in [2.24, 2.45) is 0 Å². The van der Waals surface area contributed by atoms with Crippen molar-refractivity contribution in [3.8, 4) is 22.3 Å². The van der Waals surface area contributed by atoms with Crippen LogP contribution in [0.5, 0.6) is 0 Å². The topological polar surface area (TPSA) is 19.0 Å². The highest BCUT2D eigenvalue weighted by Gasteiger charge is 2.46. The summed E-state index contributed by atoms with van der Waals surface area (Å²) in [6, 6.07) is 48.0. The molecule has 7 aromatic carbocycles. The molecular weight excluding hydrogens is 591 g/mol. The molecule has 1 N–H and O–H groups in total. The molecule has 2 aliphatic heterocycles. The Labute approximate surface area is 287 Å². The average Bonchev–Trinajstić information content (AvgIpc) is 3.59. The van der Waals surface area contributed by atoms with Gasteiger partial charge in [0.05, 0.1) is 11.2 Å². The molecule has 11 rings (SSSR count). The molecule has 49 heavy (non-hydrogen) atoms. The van der Waals surface area contributed by atoms with E-state index in [4.69, 9.17) is 0 Å². The SMILES string of the molecule is CC1(C)c2ccccc2N2c3c(cccc31)Bc1c(-c3cccc4c3[nH]c3cc5ccccc5cc34)cc3c(c12)C(C)(C)c1ccccc1-3. The minimum Gasteiger partial charge on any atom is -0.354 e. The van der Waals surface area contributed by atoms with Crippen molar-refractivity contribution in [3.05, 3.63) is 150 Å². The second-order valence-corrected chi connectivity index (χ2v) is 15.4. The van der Waals surface area contributed by atoms with E-state index in [1.54, 1.807) is 0 Å².